The normalized spacial score (nSPS) is 10.6. The van der Waals surface area contributed by atoms with Crippen molar-refractivity contribution in [1.82, 2.24) is 10.3 Å². The van der Waals surface area contributed by atoms with Crippen molar-refractivity contribution >= 4 is 17.5 Å². The zero-order chi connectivity index (χ0) is 17.7. The van der Waals surface area contributed by atoms with E-state index in [1.54, 1.807) is 38.2 Å². The summed E-state index contributed by atoms with van der Waals surface area (Å²) in [7, 11) is 1.49. The largest absolute Gasteiger partial charge is 0.496 e. The van der Waals surface area contributed by atoms with Gasteiger partial charge in [0.15, 0.2) is 12.2 Å². The summed E-state index contributed by atoms with van der Waals surface area (Å²) in [6.45, 7) is 3.24. The zero-order valence-electron chi connectivity index (χ0n) is 13.5. The van der Waals surface area contributed by atoms with Gasteiger partial charge in [-0.05, 0) is 26.0 Å². The molecule has 0 saturated heterocycles. The van der Waals surface area contributed by atoms with E-state index in [1.165, 1.54) is 13.5 Å². The van der Waals surface area contributed by atoms with Crippen LogP contribution in [0.5, 0.6) is 5.75 Å². The molecule has 7 nitrogen and oxygen atoms in total. The maximum atomic E-state index is 12.0. The lowest BCUT2D eigenvalue weighted by Crippen LogP contribution is -2.47. The third-order valence-electron chi connectivity index (χ3n) is 3.15. The van der Waals surface area contributed by atoms with Gasteiger partial charge in [0.1, 0.15) is 5.75 Å². The molecule has 2 rings (SSSR count). The summed E-state index contributed by atoms with van der Waals surface area (Å²) in [5.74, 6) is 1.73. The zero-order valence-corrected chi connectivity index (χ0v) is 13.5. The van der Waals surface area contributed by atoms with Crippen LogP contribution in [0.1, 0.15) is 13.8 Å². The molecule has 0 unspecified atom stereocenters. The molecule has 0 spiro atoms. The highest BCUT2D eigenvalue weighted by Crippen LogP contribution is 2.32. The molecule has 2 amide bonds. The SMILES string of the molecule is C#CC(C)(C)NC(=O)C(=O)Nc1ccc(-c2cnco2)c(OC)c1. The smallest absolute Gasteiger partial charge is 0.313 e. The van der Waals surface area contributed by atoms with Gasteiger partial charge in [0, 0.05) is 11.8 Å². The Labute approximate surface area is 139 Å². The first kappa shape index (κ1) is 17.1. The Bertz CT molecular complexity index is 789. The number of hydrogen-bond acceptors (Lipinski definition) is 5. The van der Waals surface area contributed by atoms with E-state index in [-0.39, 0.29) is 0 Å². The molecule has 1 aromatic heterocycles. The summed E-state index contributed by atoms with van der Waals surface area (Å²) in [4.78, 5) is 27.7. The number of ether oxygens (including phenoxy) is 1. The van der Waals surface area contributed by atoms with Gasteiger partial charge in [-0.3, -0.25) is 9.59 Å². The molecule has 7 heteroatoms. The summed E-state index contributed by atoms with van der Waals surface area (Å²) in [6, 6.07) is 4.89. The fourth-order valence-electron chi connectivity index (χ4n) is 1.89. The van der Waals surface area contributed by atoms with Crippen LogP contribution in [0.25, 0.3) is 11.3 Å². The van der Waals surface area contributed by atoms with E-state index in [0.717, 1.165) is 0 Å². The van der Waals surface area contributed by atoms with Crippen LogP contribution < -0.4 is 15.4 Å². The van der Waals surface area contributed by atoms with Crippen molar-refractivity contribution in [2.45, 2.75) is 19.4 Å². The Morgan fingerprint density at radius 3 is 2.67 bits per heavy atom. The molecule has 0 saturated carbocycles. The number of oxazole rings is 1. The number of aromatic nitrogens is 1. The molecule has 0 aliphatic carbocycles. The van der Waals surface area contributed by atoms with Crippen molar-refractivity contribution in [3.8, 4) is 29.4 Å². The van der Waals surface area contributed by atoms with Crippen molar-refractivity contribution in [3.63, 3.8) is 0 Å². The molecule has 124 valence electrons. The second kappa shape index (κ2) is 6.87. The van der Waals surface area contributed by atoms with Crippen molar-refractivity contribution in [1.29, 1.82) is 0 Å². The van der Waals surface area contributed by atoms with Crippen molar-refractivity contribution in [2.75, 3.05) is 12.4 Å². The first-order valence-electron chi connectivity index (χ1n) is 7.04. The molecule has 0 fully saturated rings. The fraction of sp³-hybridized carbons (Fsp3) is 0.235. The second-order valence-electron chi connectivity index (χ2n) is 5.46. The average molecular weight is 327 g/mol. The highest BCUT2D eigenvalue weighted by atomic mass is 16.5. The molecule has 0 aliphatic heterocycles. The van der Waals surface area contributed by atoms with E-state index < -0.39 is 17.4 Å². The Kier molecular flexibility index (Phi) is 4.90. The summed E-state index contributed by atoms with van der Waals surface area (Å²) in [5.41, 5.74) is 0.155. The maximum Gasteiger partial charge on any atom is 0.313 e. The van der Waals surface area contributed by atoms with Gasteiger partial charge < -0.3 is 19.8 Å². The number of nitrogens with zero attached hydrogens (tertiary/aromatic N) is 1. The Morgan fingerprint density at radius 1 is 1.33 bits per heavy atom. The summed E-state index contributed by atoms with van der Waals surface area (Å²) in [6.07, 6.45) is 8.14. The molecule has 1 heterocycles. The van der Waals surface area contributed by atoms with Crippen molar-refractivity contribution in [2.24, 2.45) is 0 Å². The van der Waals surface area contributed by atoms with E-state index in [1.807, 2.05) is 0 Å². The molecule has 24 heavy (non-hydrogen) atoms. The number of amides is 2. The minimum Gasteiger partial charge on any atom is -0.496 e. The van der Waals surface area contributed by atoms with Crippen LogP contribution in [-0.2, 0) is 9.59 Å². The Balaban J connectivity index is 2.15. The second-order valence-corrected chi connectivity index (χ2v) is 5.46. The van der Waals surface area contributed by atoms with E-state index in [0.29, 0.717) is 22.8 Å². The van der Waals surface area contributed by atoms with Crippen LogP contribution in [0.15, 0.2) is 35.2 Å². The van der Waals surface area contributed by atoms with Crippen LogP contribution in [0.4, 0.5) is 5.69 Å². The lowest BCUT2D eigenvalue weighted by molar-refractivity contribution is -0.136. The van der Waals surface area contributed by atoms with Gasteiger partial charge in [-0.1, -0.05) is 5.92 Å². The van der Waals surface area contributed by atoms with Gasteiger partial charge in [0.2, 0.25) is 0 Å². The lowest BCUT2D eigenvalue weighted by Gasteiger charge is -2.19. The standard InChI is InChI=1S/C17H17N3O4/c1-5-17(2,3)20-16(22)15(21)19-11-6-7-12(13(8-11)23-4)14-9-18-10-24-14/h1,6-10H,2-4H3,(H,19,21)(H,20,22). The predicted octanol–water partition coefficient (Wildman–Crippen LogP) is 1.82. The number of benzene rings is 1. The van der Waals surface area contributed by atoms with Crippen molar-refractivity contribution < 1.29 is 18.7 Å². The molecule has 1 aromatic carbocycles. The molecule has 0 radical (unpaired) electrons. The fourth-order valence-corrected chi connectivity index (χ4v) is 1.89. The molecule has 2 N–H and O–H groups in total. The number of hydrogen-bond donors (Lipinski definition) is 2. The number of carbonyl (C=O) groups is 2. The average Bonchev–Trinajstić information content (AvgIpc) is 3.08. The number of anilines is 1. The number of rotatable bonds is 4. The van der Waals surface area contributed by atoms with E-state index in [9.17, 15) is 9.59 Å². The Morgan fingerprint density at radius 2 is 2.08 bits per heavy atom. The summed E-state index contributed by atoms with van der Waals surface area (Å²) in [5, 5.41) is 4.94. The number of nitrogens with one attached hydrogen (secondary N) is 2. The van der Waals surface area contributed by atoms with Crippen LogP contribution in [-0.4, -0.2) is 29.4 Å². The van der Waals surface area contributed by atoms with E-state index in [4.69, 9.17) is 15.6 Å². The van der Waals surface area contributed by atoms with Crippen LogP contribution in [0.3, 0.4) is 0 Å². The first-order chi connectivity index (χ1) is 11.4. The molecule has 0 atom stereocenters. The maximum absolute atomic E-state index is 12.0. The van der Waals surface area contributed by atoms with Crippen LogP contribution >= 0.6 is 0 Å². The third kappa shape index (κ3) is 3.93. The van der Waals surface area contributed by atoms with Gasteiger partial charge in [-0.25, -0.2) is 4.98 Å². The van der Waals surface area contributed by atoms with E-state index in [2.05, 4.69) is 21.5 Å². The third-order valence-corrected chi connectivity index (χ3v) is 3.15. The quantitative estimate of drug-likeness (QED) is 0.660. The Hall–Kier alpha value is -3.27. The summed E-state index contributed by atoms with van der Waals surface area (Å²) >= 11 is 0. The minimum absolute atomic E-state index is 0.397. The molecular weight excluding hydrogens is 310 g/mol. The summed E-state index contributed by atoms with van der Waals surface area (Å²) < 4.78 is 10.5. The molecule has 0 aliphatic rings. The van der Waals surface area contributed by atoms with Gasteiger partial charge in [0.05, 0.1) is 24.4 Å². The lowest BCUT2D eigenvalue weighted by atomic mass is 10.1. The molecular formula is C17H17N3O4. The van der Waals surface area contributed by atoms with Gasteiger partial charge in [-0.2, -0.15) is 0 Å². The first-order valence-corrected chi connectivity index (χ1v) is 7.04. The highest BCUT2D eigenvalue weighted by Gasteiger charge is 2.22. The van der Waals surface area contributed by atoms with Crippen molar-refractivity contribution in [3.05, 3.63) is 30.8 Å². The van der Waals surface area contributed by atoms with E-state index >= 15 is 0 Å². The molecule has 2 aromatic rings. The number of methoxy groups -OCH3 is 1. The monoisotopic (exact) mass is 327 g/mol. The van der Waals surface area contributed by atoms with Gasteiger partial charge >= 0.3 is 11.8 Å². The van der Waals surface area contributed by atoms with Gasteiger partial charge in [0.25, 0.3) is 0 Å². The highest BCUT2D eigenvalue weighted by molar-refractivity contribution is 6.39. The molecule has 0 bridgehead atoms. The minimum atomic E-state index is -0.914. The predicted molar refractivity (Wildman–Crippen MR) is 88.2 cm³/mol. The number of terminal acetylenes is 1. The van der Waals surface area contributed by atoms with Crippen LogP contribution in [0.2, 0.25) is 0 Å². The topological polar surface area (TPSA) is 93.5 Å². The van der Waals surface area contributed by atoms with Crippen LogP contribution in [0, 0.1) is 12.3 Å². The van der Waals surface area contributed by atoms with Gasteiger partial charge in [-0.15, -0.1) is 6.42 Å². The number of carbonyl (C=O) groups excluding carboxylic acids is 2.